The van der Waals surface area contributed by atoms with Gasteiger partial charge in [0.15, 0.2) is 0 Å². The molecule has 0 saturated carbocycles. The van der Waals surface area contributed by atoms with Gasteiger partial charge in [0.05, 0.1) is 0 Å². The molecule has 0 aliphatic heterocycles. The molecule has 0 fully saturated rings. The van der Waals surface area contributed by atoms with E-state index in [1.807, 2.05) is 0 Å². The maximum atomic E-state index is 9.76. The zero-order valence-electron chi connectivity index (χ0n) is 3.66. The minimum atomic E-state index is -1.00. The molecule has 0 bridgehead atoms. The SMILES string of the molecule is NC(CS)C(=O)O.[LiH]. The van der Waals surface area contributed by atoms with Crippen LogP contribution in [0.5, 0.6) is 0 Å². The van der Waals surface area contributed by atoms with Crippen molar-refractivity contribution in [3.8, 4) is 0 Å². The minimum absolute atomic E-state index is 0. The fraction of sp³-hybridized carbons (Fsp3) is 0.667. The van der Waals surface area contributed by atoms with Crippen molar-refractivity contribution in [1.29, 1.82) is 0 Å². The van der Waals surface area contributed by atoms with Gasteiger partial charge < -0.3 is 10.8 Å². The molecule has 0 aromatic rings. The van der Waals surface area contributed by atoms with Crippen molar-refractivity contribution in [3.63, 3.8) is 0 Å². The van der Waals surface area contributed by atoms with Crippen molar-refractivity contribution in [2.24, 2.45) is 5.73 Å². The molecular weight excluding hydrogens is 121 g/mol. The Morgan fingerprint density at radius 2 is 2.25 bits per heavy atom. The van der Waals surface area contributed by atoms with Gasteiger partial charge in [-0.3, -0.25) is 4.79 Å². The normalized spacial score (nSPS) is 11.8. The van der Waals surface area contributed by atoms with E-state index in [9.17, 15) is 4.79 Å². The van der Waals surface area contributed by atoms with Crippen LogP contribution in [0.4, 0.5) is 0 Å². The van der Waals surface area contributed by atoms with E-state index in [4.69, 9.17) is 10.8 Å². The van der Waals surface area contributed by atoms with Gasteiger partial charge >= 0.3 is 24.8 Å². The summed E-state index contributed by atoms with van der Waals surface area (Å²) in [5.74, 6) is -0.815. The molecule has 0 aliphatic rings. The summed E-state index contributed by atoms with van der Waals surface area (Å²) in [4.78, 5) is 9.76. The van der Waals surface area contributed by atoms with Gasteiger partial charge in [-0.05, 0) is 0 Å². The summed E-state index contributed by atoms with van der Waals surface area (Å²) in [6.45, 7) is 0. The van der Waals surface area contributed by atoms with E-state index in [0.29, 0.717) is 0 Å². The molecule has 1 atom stereocenters. The van der Waals surface area contributed by atoms with Crippen LogP contribution in [0, 0.1) is 0 Å². The quantitative estimate of drug-likeness (QED) is 0.320. The van der Waals surface area contributed by atoms with E-state index in [0.717, 1.165) is 0 Å². The molecule has 0 aromatic heterocycles. The molecule has 0 aromatic carbocycles. The van der Waals surface area contributed by atoms with E-state index < -0.39 is 12.0 Å². The van der Waals surface area contributed by atoms with Crippen molar-refractivity contribution in [1.82, 2.24) is 0 Å². The van der Waals surface area contributed by atoms with Gasteiger partial charge in [-0.1, -0.05) is 0 Å². The van der Waals surface area contributed by atoms with Crippen LogP contribution in [0.1, 0.15) is 0 Å². The van der Waals surface area contributed by atoms with Crippen LogP contribution in [0.3, 0.4) is 0 Å². The third-order valence-corrected chi connectivity index (χ3v) is 0.907. The molecule has 0 spiro atoms. The van der Waals surface area contributed by atoms with Gasteiger partial charge in [0, 0.05) is 5.75 Å². The zero-order valence-corrected chi connectivity index (χ0v) is 4.56. The molecule has 0 radical (unpaired) electrons. The predicted octanol–water partition coefficient (Wildman–Crippen LogP) is -1.32. The van der Waals surface area contributed by atoms with Crippen LogP contribution in [-0.2, 0) is 4.79 Å². The number of carbonyl (C=O) groups is 1. The first-order chi connectivity index (χ1) is 3.18. The van der Waals surface area contributed by atoms with E-state index in [-0.39, 0.29) is 24.6 Å². The maximum absolute atomic E-state index is 9.76. The Balaban J connectivity index is 0. The third kappa shape index (κ3) is 4.53. The fourth-order valence-corrected chi connectivity index (χ4v) is 0.234. The Hall–Kier alpha value is 0.377. The molecule has 44 valence electrons. The van der Waals surface area contributed by atoms with Crippen molar-refractivity contribution >= 4 is 37.5 Å². The molecule has 0 rings (SSSR count). The third-order valence-electron chi connectivity index (χ3n) is 0.514. The Morgan fingerprint density at radius 1 is 1.88 bits per heavy atom. The average Bonchev–Trinajstić information content (AvgIpc) is 1.65. The molecule has 0 aliphatic carbocycles. The van der Waals surface area contributed by atoms with Crippen LogP contribution in [-0.4, -0.2) is 41.7 Å². The summed E-state index contributed by atoms with van der Waals surface area (Å²) in [5, 5.41) is 8.01. The van der Waals surface area contributed by atoms with Crippen LogP contribution in [0.25, 0.3) is 0 Å². The second kappa shape index (κ2) is 5.51. The Bertz CT molecular complexity index is 79.7. The van der Waals surface area contributed by atoms with Crippen molar-refractivity contribution in [2.45, 2.75) is 6.04 Å². The van der Waals surface area contributed by atoms with Gasteiger partial charge in [0.1, 0.15) is 6.04 Å². The van der Waals surface area contributed by atoms with Crippen molar-refractivity contribution in [2.75, 3.05) is 5.75 Å². The molecule has 3 N–H and O–H groups in total. The van der Waals surface area contributed by atoms with E-state index in [1.165, 1.54) is 0 Å². The van der Waals surface area contributed by atoms with E-state index >= 15 is 0 Å². The van der Waals surface area contributed by atoms with Gasteiger partial charge in [-0.2, -0.15) is 12.6 Å². The Kier molecular flexibility index (Phi) is 7.73. The summed E-state index contributed by atoms with van der Waals surface area (Å²) >= 11 is 3.65. The van der Waals surface area contributed by atoms with Crippen LogP contribution >= 0.6 is 12.6 Å². The number of thiol groups is 1. The second-order valence-corrected chi connectivity index (χ2v) is 1.49. The van der Waals surface area contributed by atoms with E-state index in [2.05, 4.69) is 12.6 Å². The number of hydrogen-bond acceptors (Lipinski definition) is 3. The van der Waals surface area contributed by atoms with Gasteiger partial charge in [-0.15, -0.1) is 0 Å². The van der Waals surface area contributed by atoms with Gasteiger partial charge in [-0.25, -0.2) is 0 Å². The zero-order chi connectivity index (χ0) is 5.86. The van der Waals surface area contributed by atoms with Crippen LogP contribution in [0.15, 0.2) is 0 Å². The number of aliphatic carboxylic acids is 1. The van der Waals surface area contributed by atoms with Crippen molar-refractivity contribution < 1.29 is 9.90 Å². The first-order valence-corrected chi connectivity index (χ1v) is 2.41. The molecular formula is C3H8LiNO2S. The monoisotopic (exact) mass is 129 g/mol. The summed E-state index contributed by atoms with van der Waals surface area (Å²) < 4.78 is 0. The number of nitrogens with two attached hydrogens (primary N) is 1. The summed E-state index contributed by atoms with van der Waals surface area (Å²) in [6.07, 6.45) is 0. The fourth-order valence-electron chi connectivity index (χ4n) is 0.0781. The average molecular weight is 129 g/mol. The Morgan fingerprint density at radius 3 is 2.25 bits per heavy atom. The van der Waals surface area contributed by atoms with Crippen LogP contribution < -0.4 is 5.73 Å². The molecule has 1 unspecified atom stereocenters. The van der Waals surface area contributed by atoms with Gasteiger partial charge in [0.2, 0.25) is 0 Å². The number of rotatable bonds is 2. The first-order valence-electron chi connectivity index (χ1n) is 1.77. The molecule has 0 heterocycles. The molecule has 0 amide bonds. The van der Waals surface area contributed by atoms with E-state index in [1.54, 1.807) is 0 Å². The van der Waals surface area contributed by atoms with Crippen molar-refractivity contribution in [3.05, 3.63) is 0 Å². The van der Waals surface area contributed by atoms with Crippen LogP contribution in [0.2, 0.25) is 0 Å². The molecule has 0 saturated heterocycles. The number of hydrogen-bond donors (Lipinski definition) is 3. The second-order valence-electron chi connectivity index (χ2n) is 1.13. The molecule has 3 nitrogen and oxygen atoms in total. The first kappa shape index (κ1) is 11.2. The summed E-state index contributed by atoms with van der Waals surface area (Å²) in [7, 11) is 0. The predicted molar refractivity (Wildman–Crippen MR) is 36.6 cm³/mol. The summed E-state index contributed by atoms with van der Waals surface area (Å²) in [5.41, 5.74) is 4.94. The number of carboxylic acids is 1. The topological polar surface area (TPSA) is 63.3 Å². The molecule has 5 heteroatoms. The molecule has 8 heavy (non-hydrogen) atoms. The number of carboxylic acid groups (broad SMARTS) is 1. The standard InChI is InChI=1S/C3H7NO2S.Li.H/c4-2(1-7)3(5)6;;/h2,7H,1,4H2,(H,5,6);;. The Labute approximate surface area is 65.2 Å². The van der Waals surface area contributed by atoms with Gasteiger partial charge in [0.25, 0.3) is 0 Å². The summed E-state index contributed by atoms with van der Waals surface area (Å²) in [6, 6.07) is -0.816.